The first-order chi connectivity index (χ1) is 24.2. The lowest BCUT2D eigenvalue weighted by Gasteiger charge is -2.39. The van der Waals surface area contributed by atoms with Crippen molar-refractivity contribution in [2.45, 2.75) is 173 Å². The molecule has 2 heterocycles. The Kier molecular flexibility index (Phi) is 12.2. The third-order valence-electron chi connectivity index (χ3n) is 13.2. The number of rotatable bonds is 9. The van der Waals surface area contributed by atoms with E-state index in [-0.39, 0.29) is 111 Å². The predicted octanol–water partition coefficient (Wildman–Crippen LogP) is 6.79. The van der Waals surface area contributed by atoms with Crippen molar-refractivity contribution >= 4 is 39.0 Å². The molecule has 0 aromatic heterocycles. The maximum absolute atomic E-state index is 15.0. The van der Waals surface area contributed by atoms with Gasteiger partial charge in [-0.1, -0.05) is 46.0 Å². The lowest BCUT2D eigenvalue weighted by atomic mass is 9.71. The Labute approximate surface area is 309 Å². The van der Waals surface area contributed by atoms with Crippen molar-refractivity contribution in [3.8, 4) is 0 Å². The minimum atomic E-state index is -3.53. The molecule has 0 unspecified atom stereocenters. The summed E-state index contributed by atoms with van der Waals surface area (Å²) in [7, 11) is -3.53. The van der Waals surface area contributed by atoms with Crippen LogP contribution in [-0.4, -0.2) is 77.5 Å². The van der Waals surface area contributed by atoms with Gasteiger partial charge in [0.1, 0.15) is 5.78 Å². The number of carbonyl (C=O) groups excluding carboxylic acids is 5. The van der Waals surface area contributed by atoms with Crippen LogP contribution in [0.4, 0.5) is 8.78 Å². The number of piperidine rings is 1. The second-order valence-corrected chi connectivity index (χ2v) is 21.5. The van der Waals surface area contributed by atoms with Crippen molar-refractivity contribution in [2.24, 2.45) is 34.5 Å². The molecule has 2 amide bonds. The normalized spacial score (nSPS) is 31.3. The molecule has 5 aliphatic rings. The van der Waals surface area contributed by atoms with E-state index in [4.69, 9.17) is 0 Å². The zero-order valence-corrected chi connectivity index (χ0v) is 32.9. The van der Waals surface area contributed by atoms with Gasteiger partial charge in [-0.25, -0.2) is 17.2 Å². The third kappa shape index (κ3) is 9.52. The van der Waals surface area contributed by atoms with Crippen LogP contribution in [-0.2, 0) is 33.8 Å². The molecular weight excluding hydrogens is 691 g/mol. The molecule has 0 radical (unpaired) electrons. The number of nitrogens with zero attached hydrogens (tertiary/aromatic N) is 1. The van der Waals surface area contributed by atoms with Gasteiger partial charge in [0.05, 0.1) is 16.5 Å². The summed E-state index contributed by atoms with van der Waals surface area (Å²) in [6, 6.07) is -0.839. The van der Waals surface area contributed by atoms with Gasteiger partial charge in [0.2, 0.25) is 17.6 Å². The van der Waals surface area contributed by atoms with Crippen molar-refractivity contribution in [3.63, 3.8) is 0 Å². The SMILES string of the molecule is CC1(C)[C@@H]2[C@H]3C(=O)C[C@H](C(=O)C(=O)NC4CC4)CCCCC(F)(F)CCCC[C@H](CC(=O)CC4(CS(=O)(=O)C(C)(C)C)CCCCC4)C(=O)N3C[C@@H]21. The predicted molar refractivity (Wildman–Crippen MR) is 194 cm³/mol. The highest BCUT2D eigenvalue weighted by atomic mass is 32.2. The Morgan fingerprint density at radius 2 is 1.46 bits per heavy atom. The Morgan fingerprint density at radius 1 is 0.865 bits per heavy atom. The number of ketones is 3. The van der Waals surface area contributed by atoms with E-state index in [2.05, 4.69) is 19.2 Å². The average Bonchev–Trinajstić information content (AvgIpc) is 3.89. The molecular formula is C40H62F2N2O7S. The summed E-state index contributed by atoms with van der Waals surface area (Å²) in [5.74, 6) is -7.15. The summed E-state index contributed by atoms with van der Waals surface area (Å²) < 4.78 is 55.7. The van der Waals surface area contributed by atoms with Crippen LogP contribution in [0.5, 0.6) is 0 Å². The quantitative estimate of drug-likeness (QED) is 0.256. The fourth-order valence-corrected chi connectivity index (χ4v) is 11.2. The summed E-state index contributed by atoms with van der Waals surface area (Å²) >= 11 is 0. The van der Waals surface area contributed by atoms with Gasteiger partial charge in [-0.05, 0) is 94.8 Å². The van der Waals surface area contributed by atoms with Crippen LogP contribution in [0.15, 0.2) is 0 Å². The summed E-state index contributed by atoms with van der Waals surface area (Å²) in [4.78, 5) is 70.6. The number of sulfone groups is 1. The summed E-state index contributed by atoms with van der Waals surface area (Å²) in [6.45, 7) is 9.48. The summed E-state index contributed by atoms with van der Waals surface area (Å²) in [5.41, 5.74) is -0.903. The number of halogens is 2. The zero-order chi connectivity index (χ0) is 38.3. The molecule has 0 bridgehead atoms. The number of fused-ring (bicyclic) bond motifs is 3. The second-order valence-electron chi connectivity index (χ2n) is 18.8. The molecule has 5 atom stereocenters. The van der Waals surface area contributed by atoms with Crippen LogP contribution in [0.2, 0.25) is 0 Å². The molecule has 3 saturated carbocycles. The zero-order valence-electron chi connectivity index (χ0n) is 32.1. The number of hydrogen-bond donors (Lipinski definition) is 1. The Bertz CT molecular complexity index is 1490. The monoisotopic (exact) mass is 752 g/mol. The number of Topliss-reactive ketones (excluding diaryl/α,β-unsaturated/α-hetero) is 3. The maximum atomic E-state index is 15.0. The summed E-state index contributed by atoms with van der Waals surface area (Å²) in [5, 5.41) is 2.71. The molecule has 52 heavy (non-hydrogen) atoms. The molecule has 0 aromatic rings. The van der Waals surface area contributed by atoms with Gasteiger partial charge >= 0.3 is 0 Å². The summed E-state index contributed by atoms with van der Waals surface area (Å²) in [6.07, 6.45) is 5.64. The fraction of sp³-hybridized carbons (Fsp3) is 0.875. The maximum Gasteiger partial charge on any atom is 0.287 e. The van der Waals surface area contributed by atoms with E-state index < -0.39 is 55.5 Å². The first kappa shape index (κ1) is 40.9. The third-order valence-corrected chi connectivity index (χ3v) is 16.1. The number of carbonyl (C=O) groups is 5. The highest BCUT2D eigenvalue weighted by Crippen LogP contribution is 2.65. The van der Waals surface area contributed by atoms with Gasteiger partial charge in [0.15, 0.2) is 15.6 Å². The van der Waals surface area contributed by atoms with E-state index in [1.807, 2.05) is 0 Å². The largest absolute Gasteiger partial charge is 0.347 e. The fourth-order valence-electron chi connectivity index (χ4n) is 9.52. The Hall–Kier alpha value is -2.24. The Balaban J connectivity index is 1.39. The van der Waals surface area contributed by atoms with Crippen LogP contribution >= 0.6 is 0 Å². The van der Waals surface area contributed by atoms with Crippen LogP contribution in [0.3, 0.4) is 0 Å². The second kappa shape index (κ2) is 15.5. The lowest BCUT2D eigenvalue weighted by molar-refractivity contribution is -0.146. The Morgan fingerprint density at radius 3 is 2.06 bits per heavy atom. The van der Waals surface area contributed by atoms with Gasteiger partial charge in [-0.2, -0.15) is 0 Å². The number of hydrogen-bond acceptors (Lipinski definition) is 7. The lowest BCUT2D eigenvalue weighted by Crippen LogP contribution is -2.49. The molecule has 0 spiro atoms. The van der Waals surface area contributed by atoms with E-state index in [0.29, 0.717) is 25.8 Å². The molecule has 294 valence electrons. The van der Waals surface area contributed by atoms with Crippen molar-refractivity contribution in [2.75, 3.05) is 12.3 Å². The van der Waals surface area contributed by atoms with Crippen LogP contribution in [0.1, 0.15) is 150 Å². The molecule has 12 heteroatoms. The minimum Gasteiger partial charge on any atom is -0.347 e. The van der Waals surface area contributed by atoms with E-state index in [1.54, 1.807) is 25.7 Å². The molecule has 3 aliphatic carbocycles. The number of nitrogens with one attached hydrogen (secondary N) is 1. The first-order valence-corrected chi connectivity index (χ1v) is 21.6. The minimum absolute atomic E-state index is 0.0392. The standard InChI is InChI=1S/C40H62F2N2O7S/c1-37(2,3)52(50,51)25-39(17-9-6-10-18-39)23-29(45)21-27-14-8-12-20-40(41,42)19-11-7-13-26(34(47)35(48)43-28-15-16-28)22-31(46)33-32-30(38(32,4)5)24-44(33)36(27)49/h26-28,30,32-33H,6-25H2,1-5H3,(H,43,48)/t26-,27-,30+,32+,33-/m1/s1. The molecule has 0 aromatic carbocycles. The first-order valence-electron chi connectivity index (χ1n) is 20.0. The molecule has 2 saturated heterocycles. The highest BCUT2D eigenvalue weighted by Gasteiger charge is 2.69. The molecule has 9 nitrogen and oxygen atoms in total. The number of alkyl halides is 2. The van der Waals surface area contributed by atoms with Crippen molar-refractivity contribution < 1.29 is 41.2 Å². The smallest absolute Gasteiger partial charge is 0.287 e. The molecule has 5 fully saturated rings. The highest BCUT2D eigenvalue weighted by molar-refractivity contribution is 7.92. The molecule has 2 aliphatic heterocycles. The van der Waals surface area contributed by atoms with Crippen LogP contribution in [0, 0.1) is 34.5 Å². The van der Waals surface area contributed by atoms with Crippen LogP contribution < -0.4 is 5.32 Å². The number of amides is 2. The van der Waals surface area contributed by atoms with E-state index in [0.717, 1.165) is 32.1 Å². The average molecular weight is 753 g/mol. The molecule has 5 rings (SSSR count). The van der Waals surface area contributed by atoms with E-state index >= 15 is 0 Å². The van der Waals surface area contributed by atoms with Crippen molar-refractivity contribution in [3.05, 3.63) is 0 Å². The van der Waals surface area contributed by atoms with Gasteiger partial charge in [0.25, 0.3) is 5.91 Å². The van der Waals surface area contributed by atoms with Gasteiger partial charge in [-0.15, -0.1) is 0 Å². The van der Waals surface area contributed by atoms with Crippen molar-refractivity contribution in [1.29, 1.82) is 0 Å². The van der Waals surface area contributed by atoms with E-state index in [9.17, 15) is 41.2 Å². The van der Waals surface area contributed by atoms with Gasteiger partial charge in [-0.3, -0.25) is 24.0 Å². The van der Waals surface area contributed by atoms with Gasteiger partial charge in [0, 0.05) is 56.5 Å². The van der Waals surface area contributed by atoms with Gasteiger partial charge < -0.3 is 10.2 Å². The molecule has 1 N–H and O–H groups in total. The topological polar surface area (TPSA) is 135 Å². The van der Waals surface area contributed by atoms with Crippen molar-refractivity contribution in [1.82, 2.24) is 10.2 Å². The van der Waals surface area contributed by atoms with E-state index in [1.165, 1.54) is 0 Å². The van der Waals surface area contributed by atoms with Crippen LogP contribution in [0.25, 0.3) is 0 Å².